The maximum atomic E-state index is 13.5. The number of benzene rings is 3. The number of phenols is 1. The van der Waals surface area contributed by atoms with Gasteiger partial charge in [0.1, 0.15) is 17.4 Å². The van der Waals surface area contributed by atoms with Crippen LogP contribution in [0.2, 0.25) is 0 Å². The van der Waals surface area contributed by atoms with Crippen molar-refractivity contribution in [1.82, 2.24) is 0 Å². The summed E-state index contributed by atoms with van der Waals surface area (Å²) in [4.78, 5) is 24.0. The number of aromatic hydroxyl groups is 1. The molecule has 0 unspecified atom stereocenters. The topological polar surface area (TPSA) is 78.4 Å². The predicted molar refractivity (Wildman–Crippen MR) is 89.2 cm³/mol. The van der Waals surface area contributed by atoms with Crippen LogP contribution in [-0.4, -0.2) is 16.9 Å². The van der Waals surface area contributed by atoms with E-state index in [9.17, 15) is 23.5 Å². The maximum Gasteiger partial charge on any atom is 0.314 e. The first-order valence-corrected chi connectivity index (χ1v) is 7.24. The first-order valence-electron chi connectivity index (χ1n) is 7.24. The number of anilines is 2. The van der Waals surface area contributed by atoms with Crippen LogP contribution in [0, 0.1) is 11.6 Å². The van der Waals surface area contributed by atoms with Gasteiger partial charge in [0, 0.05) is 22.5 Å². The molecule has 0 aromatic heterocycles. The summed E-state index contributed by atoms with van der Waals surface area (Å²) in [5, 5.41) is 15.3. The Hall–Kier alpha value is -3.48. The van der Waals surface area contributed by atoms with E-state index in [0.717, 1.165) is 12.1 Å². The minimum absolute atomic E-state index is 0.0337. The molecule has 0 saturated heterocycles. The van der Waals surface area contributed by atoms with E-state index in [0.29, 0.717) is 22.5 Å². The number of carbonyl (C=O) groups is 2. The van der Waals surface area contributed by atoms with Crippen molar-refractivity contribution in [2.45, 2.75) is 0 Å². The Morgan fingerprint density at radius 3 is 2.16 bits per heavy atom. The summed E-state index contributed by atoms with van der Waals surface area (Å²) in [6.45, 7) is 0. The summed E-state index contributed by atoms with van der Waals surface area (Å²) in [6.07, 6.45) is 0. The lowest BCUT2D eigenvalue weighted by molar-refractivity contribution is -0.133. The summed E-state index contributed by atoms with van der Waals surface area (Å²) in [7, 11) is 0. The Kier molecular flexibility index (Phi) is 4.30. The molecule has 0 saturated carbocycles. The minimum Gasteiger partial charge on any atom is -0.507 e. The molecule has 0 radical (unpaired) electrons. The van der Waals surface area contributed by atoms with E-state index in [-0.39, 0.29) is 11.4 Å². The van der Waals surface area contributed by atoms with Crippen molar-refractivity contribution < 1.29 is 23.5 Å². The molecule has 0 spiro atoms. The molecule has 0 bridgehead atoms. The largest absolute Gasteiger partial charge is 0.507 e. The van der Waals surface area contributed by atoms with E-state index in [1.807, 2.05) is 0 Å². The molecular weight excluding hydrogens is 330 g/mol. The zero-order chi connectivity index (χ0) is 18.0. The van der Waals surface area contributed by atoms with E-state index in [1.165, 1.54) is 6.07 Å². The average molecular weight is 342 g/mol. The monoisotopic (exact) mass is 342 g/mol. The van der Waals surface area contributed by atoms with Crippen molar-refractivity contribution in [3.8, 4) is 5.75 Å². The van der Waals surface area contributed by atoms with E-state index in [1.54, 1.807) is 30.3 Å². The molecule has 2 amide bonds. The number of fused-ring (bicyclic) bond motifs is 1. The third kappa shape index (κ3) is 3.40. The summed E-state index contributed by atoms with van der Waals surface area (Å²) < 4.78 is 26.4. The summed E-state index contributed by atoms with van der Waals surface area (Å²) in [5.74, 6) is -3.89. The zero-order valence-electron chi connectivity index (χ0n) is 12.7. The molecule has 7 heteroatoms. The van der Waals surface area contributed by atoms with Gasteiger partial charge < -0.3 is 15.7 Å². The van der Waals surface area contributed by atoms with Crippen LogP contribution in [0.15, 0.2) is 54.6 Å². The standard InChI is InChI=1S/C18H12F2N2O3/c19-10-7-8-15(13(20)9-10)22-18(25)17(24)21-14-5-1-4-12-11(14)3-2-6-16(12)23/h1-9,23H,(H,21,24)(H,22,25). The number of carbonyl (C=O) groups excluding carboxylic acids is 2. The van der Waals surface area contributed by atoms with Crippen LogP contribution in [0.4, 0.5) is 20.2 Å². The molecule has 0 aliphatic heterocycles. The molecule has 0 aliphatic rings. The van der Waals surface area contributed by atoms with Gasteiger partial charge in [-0.3, -0.25) is 9.59 Å². The van der Waals surface area contributed by atoms with Gasteiger partial charge in [0.25, 0.3) is 0 Å². The molecule has 0 atom stereocenters. The van der Waals surface area contributed by atoms with Crippen LogP contribution in [0.5, 0.6) is 5.75 Å². The molecule has 3 N–H and O–H groups in total. The molecule has 0 heterocycles. The molecule has 0 aliphatic carbocycles. The Balaban J connectivity index is 1.80. The molecule has 126 valence electrons. The Bertz CT molecular complexity index is 989. The van der Waals surface area contributed by atoms with Gasteiger partial charge in [-0.1, -0.05) is 24.3 Å². The van der Waals surface area contributed by atoms with Crippen molar-refractivity contribution >= 4 is 34.0 Å². The first kappa shape index (κ1) is 16.4. The van der Waals surface area contributed by atoms with Gasteiger partial charge in [0.15, 0.2) is 0 Å². The van der Waals surface area contributed by atoms with Crippen LogP contribution < -0.4 is 10.6 Å². The highest BCUT2D eigenvalue weighted by molar-refractivity contribution is 6.44. The van der Waals surface area contributed by atoms with Crippen LogP contribution >= 0.6 is 0 Å². The number of hydrogen-bond acceptors (Lipinski definition) is 3. The highest BCUT2D eigenvalue weighted by Crippen LogP contribution is 2.29. The fourth-order valence-corrected chi connectivity index (χ4v) is 2.35. The molecule has 3 rings (SSSR count). The van der Waals surface area contributed by atoms with Crippen LogP contribution in [-0.2, 0) is 9.59 Å². The minimum atomic E-state index is -1.11. The summed E-state index contributed by atoms with van der Waals surface area (Å²) >= 11 is 0. The Labute approximate surface area is 140 Å². The summed E-state index contributed by atoms with van der Waals surface area (Å²) in [6, 6.07) is 12.2. The number of phenolic OH excluding ortho intramolecular Hbond substituents is 1. The molecule has 0 fully saturated rings. The number of hydrogen-bond donors (Lipinski definition) is 3. The van der Waals surface area contributed by atoms with Crippen molar-refractivity contribution in [2.75, 3.05) is 10.6 Å². The fourth-order valence-electron chi connectivity index (χ4n) is 2.35. The van der Waals surface area contributed by atoms with Crippen LogP contribution in [0.3, 0.4) is 0 Å². The molecule has 3 aromatic rings. The Morgan fingerprint density at radius 2 is 1.44 bits per heavy atom. The quantitative estimate of drug-likeness (QED) is 0.625. The third-order valence-corrected chi connectivity index (χ3v) is 3.53. The average Bonchev–Trinajstić information content (AvgIpc) is 2.58. The van der Waals surface area contributed by atoms with Crippen molar-refractivity contribution in [3.63, 3.8) is 0 Å². The highest BCUT2D eigenvalue weighted by atomic mass is 19.1. The Morgan fingerprint density at radius 1 is 0.800 bits per heavy atom. The molecule has 3 aromatic carbocycles. The summed E-state index contributed by atoms with van der Waals surface area (Å²) in [5.41, 5.74) is 0.00485. The predicted octanol–water partition coefficient (Wildman–Crippen LogP) is 3.40. The third-order valence-electron chi connectivity index (χ3n) is 3.53. The van der Waals surface area contributed by atoms with Gasteiger partial charge in [-0.05, 0) is 24.3 Å². The van der Waals surface area contributed by atoms with Crippen molar-refractivity contribution in [3.05, 3.63) is 66.2 Å². The second-order valence-corrected chi connectivity index (χ2v) is 5.21. The lowest BCUT2D eigenvalue weighted by Gasteiger charge is -2.10. The van der Waals surface area contributed by atoms with Crippen LogP contribution in [0.1, 0.15) is 0 Å². The van der Waals surface area contributed by atoms with E-state index in [4.69, 9.17) is 0 Å². The molecule has 25 heavy (non-hydrogen) atoms. The van der Waals surface area contributed by atoms with Crippen molar-refractivity contribution in [2.24, 2.45) is 0 Å². The second kappa shape index (κ2) is 6.56. The SMILES string of the molecule is O=C(Nc1ccc(F)cc1F)C(=O)Nc1cccc2c(O)cccc12. The number of amides is 2. The molecular formula is C18H12F2N2O3. The number of halogens is 2. The first-order chi connectivity index (χ1) is 12.0. The second-order valence-electron chi connectivity index (χ2n) is 5.21. The lowest BCUT2D eigenvalue weighted by Crippen LogP contribution is -2.29. The van der Waals surface area contributed by atoms with Gasteiger partial charge in [-0.15, -0.1) is 0 Å². The maximum absolute atomic E-state index is 13.5. The normalized spacial score (nSPS) is 10.5. The van der Waals surface area contributed by atoms with Crippen LogP contribution in [0.25, 0.3) is 10.8 Å². The number of rotatable bonds is 2. The number of nitrogens with one attached hydrogen (secondary N) is 2. The zero-order valence-corrected chi connectivity index (χ0v) is 12.7. The van der Waals surface area contributed by atoms with Gasteiger partial charge in [0.05, 0.1) is 5.69 Å². The van der Waals surface area contributed by atoms with Gasteiger partial charge in [-0.25, -0.2) is 8.78 Å². The highest BCUT2D eigenvalue weighted by Gasteiger charge is 2.17. The van der Waals surface area contributed by atoms with E-state index < -0.39 is 23.4 Å². The van der Waals surface area contributed by atoms with Gasteiger partial charge >= 0.3 is 11.8 Å². The van der Waals surface area contributed by atoms with E-state index >= 15 is 0 Å². The van der Waals surface area contributed by atoms with Crippen molar-refractivity contribution in [1.29, 1.82) is 0 Å². The van der Waals surface area contributed by atoms with E-state index in [2.05, 4.69) is 10.6 Å². The smallest absolute Gasteiger partial charge is 0.314 e. The van der Waals surface area contributed by atoms with Gasteiger partial charge in [-0.2, -0.15) is 0 Å². The van der Waals surface area contributed by atoms with Gasteiger partial charge in [0.2, 0.25) is 0 Å². The fraction of sp³-hybridized carbons (Fsp3) is 0. The lowest BCUT2D eigenvalue weighted by atomic mass is 10.1. The molecule has 5 nitrogen and oxygen atoms in total.